The lowest BCUT2D eigenvalue weighted by Crippen LogP contribution is -2.25. The Kier molecular flexibility index (Phi) is 3.21. The number of anilines is 1. The highest BCUT2D eigenvalue weighted by atomic mass is 14.9. The zero-order valence-corrected chi connectivity index (χ0v) is 12.7. The Morgan fingerprint density at radius 2 is 1.62 bits per heavy atom. The van der Waals surface area contributed by atoms with E-state index in [9.17, 15) is 0 Å². The van der Waals surface area contributed by atoms with E-state index in [4.69, 9.17) is 0 Å². The normalized spacial score (nSPS) is 24.8. The molecule has 1 N–H and O–H groups in total. The van der Waals surface area contributed by atoms with Crippen LogP contribution in [0.1, 0.15) is 61.1 Å². The number of hydrogen-bond donors (Lipinski definition) is 1. The van der Waals surface area contributed by atoms with E-state index in [0.29, 0.717) is 12.0 Å². The van der Waals surface area contributed by atoms with Crippen LogP contribution in [0.4, 0.5) is 5.69 Å². The molecule has 2 unspecified atom stereocenters. The minimum absolute atomic E-state index is 0.535. The Morgan fingerprint density at radius 3 is 2.33 bits per heavy atom. The van der Waals surface area contributed by atoms with Crippen LogP contribution >= 0.6 is 0 Å². The van der Waals surface area contributed by atoms with E-state index in [1.807, 2.05) is 0 Å². The van der Waals surface area contributed by atoms with E-state index in [1.54, 1.807) is 5.56 Å². The van der Waals surface area contributed by atoms with Gasteiger partial charge in [-0.15, -0.1) is 0 Å². The molecule has 1 aliphatic carbocycles. The van der Waals surface area contributed by atoms with Gasteiger partial charge in [0.05, 0.1) is 0 Å². The lowest BCUT2D eigenvalue weighted by molar-refractivity contribution is 0.419. The van der Waals surface area contributed by atoms with Crippen molar-refractivity contribution in [1.82, 2.24) is 0 Å². The summed E-state index contributed by atoms with van der Waals surface area (Å²) in [6, 6.07) is 18.8. The van der Waals surface area contributed by atoms with E-state index in [1.165, 1.54) is 42.5 Å². The standard InChI is InChI=1S/C20H23N/c1-14-13-19(18-7-2-3-8-20(18)21-14)17-11-9-16(10-12-17)15-5-4-6-15/h2-3,7-12,14-15,19,21H,4-6,13H2,1H3. The van der Waals surface area contributed by atoms with Crippen LogP contribution < -0.4 is 5.32 Å². The minimum Gasteiger partial charge on any atom is -0.382 e. The Morgan fingerprint density at radius 1 is 0.905 bits per heavy atom. The third-order valence-corrected chi connectivity index (χ3v) is 5.24. The zero-order valence-electron chi connectivity index (χ0n) is 12.7. The predicted molar refractivity (Wildman–Crippen MR) is 89.0 cm³/mol. The Labute approximate surface area is 127 Å². The molecule has 0 spiro atoms. The van der Waals surface area contributed by atoms with Crippen LogP contribution in [-0.2, 0) is 0 Å². The SMILES string of the molecule is CC1CC(c2ccc(C3CCC3)cc2)c2ccccc2N1. The van der Waals surface area contributed by atoms with E-state index >= 15 is 0 Å². The quantitative estimate of drug-likeness (QED) is 0.786. The molecule has 1 heteroatoms. The molecule has 1 fully saturated rings. The number of benzene rings is 2. The van der Waals surface area contributed by atoms with Gasteiger partial charge in [0.15, 0.2) is 0 Å². The molecule has 1 aliphatic heterocycles. The number of hydrogen-bond acceptors (Lipinski definition) is 1. The highest BCUT2D eigenvalue weighted by Crippen LogP contribution is 2.40. The molecule has 0 aromatic heterocycles. The van der Waals surface area contributed by atoms with E-state index < -0.39 is 0 Å². The van der Waals surface area contributed by atoms with Crippen LogP contribution in [0.15, 0.2) is 48.5 Å². The fourth-order valence-corrected chi connectivity index (χ4v) is 3.79. The topological polar surface area (TPSA) is 12.0 Å². The van der Waals surface area contributed by atoms with E-state index in [-0.39, 0.29) is 0 Å². The number of para-hydroxylation sites is 1. The smallest absolute Gasteiger partial charge is 0.0381 e. The van der Waals surface area contributed by atoms with Crippen molar-refractivity contribution in [3.8, 4) is 0 Å². The van der Waals surface area contributed by atoms with Crippen molar-refractivity contribution in [2.45, 2.75) is 50.5 Å². The molecular formula is C20H23N. The molecule has 2 aromatic rings. The van der Waals surface area contributed by atoms with Crippen LogP contribution in [0.25, 0.3) is 0 Å². The monoisotopic (exact) mass is 277 g/mol. The molecule has 4 rings (SSSR count). The average molecular weight is 277 g/mol. The second kappa shape index (κ2) is 5.22. The van der Waals surface area contributed by atoms with Crippen LogP contribution in [0.5, 0.6) is 0 Å². The maximum Gasteiger partial charge on any atom is 0.0381 e. The van der Waals surface area contributed by atoms with Crippen molar-refractivity contribution < 1.29 is 0 Å². The van der Waals surface area contributed by atoms with E-state index in [2.05, 4.69) is 60.8 Å². The minimum atomic E-state index is 0.535. The van der Waals surface area contributed by atoms with Gasteiger partial charge in [-0.1, -0.05) is 48.9 Å². The van der Waals surface area contributed by atoms with Gasteiger partial charge in [-0.2, -0.15) is 0 Å². The molecule has 108 valence electrons. The molecular weight excluding hydrogens is 254 g/mol. The molecule has 2 aliphatic rings. The highest BCUT2D eigenvalue weighted by Gasteiger charge is 2.25. The summed E-state index contributed by atoms with van der Waals surface area (Å²) >= 11 is 0. The molecule has 2 atom stereocenters. The van der Waals surface area contributed by atoms with Crippen LogP contribution in [0.3, 0.4) is 0 Å². The Bertz CT molecular complexity index is 625. The maximum absolute atomic E-state index is 3.61. The third kappa shape index (κ3) is 2.35. The number of fused-ring (bicyclic) bond motifs is 1. The van der Waals surface area contributed by atoms with Gasteiger partial charge in [-0.05, 0) is 54.9 Å². The first kappa shape index (κ1) is 12.9. The number of nitrogens with one attached hydrogen (secondary N) is 1. The summed E-state index contributed by atoms with van der Waals surface area (Å²) in [6.45, 7) is 2.28. The van der Waals surface area contributed by atoms with Gasteiger partial charge >= 0.3 is 0 Å². The fourth-order valence-electron chi connectivity index (χ4n) is 3.79. The molecule has 0 bridgehead atoms. The van der Waals surface area contributed by atoms with Crippen LogP contribution in [0.2, 0.25) is 0 Å². The second-order valence-corrected chi connectivity index (χ2v) is 6.72. The average Bonchev–Trinajstić information content (AvgIpc) is 2.45. The number of rotatable bonds is 2. The zero-order chi connectivity index (χ0) is 14.2. The van der Waals surface area contributed by atoms with Crippen molar-refractivity contribution in [3.63, 3.8) is 0 Å². The van der Waals surface area contributed by atoms with Crippen LogP contribution in [0, 0.1) is 0 Å². The maximum atomic E-state index is 3.61. The summed E-state index contributed by atoms with van der Waals surface area (Å²) in [5, 5.41) is 3.61. The van der Waals surface area contributed by atoms with Crippen molar-refractivity contribution in [3.05, 3.63) is 65.2 Å². The van der Waals surface area contributed by atoms with Gasteiger partial charge in [-0.3, -0.25) is 0 Å². The fraction of sp³-hybridized carbons (Fsp3) is 0.400. The molecule has 1 heterocycles. The summed E-state index contributed by atoms with van der Waals surface area (Å²) in [5.41, 5.74) is 5.77. The molecule has 2 aromatic carbocycles. The highest BCUT2D eigenvalue weighted by molar-refractivity contribution is 5.58. The summed E-state index contributed by atoms with van der Waals surface area (Å²) in [4.78, 5) is 0. The first-order chi connectivity index (χ1) is 10.3. The van der Waals surface area contributed by atoms with Crippen LogP contribution in [-0.4, -0.2) is 6.04 Å². The summed E-state index contributed by atoms with van der Waals surface area (Å²) in [5.74, 6) is 1.37. The Balaban J connectivity index is 1.66. The largest absolute Gasteiger partial charge is 0.382 e. The first-order valence-electron chi connectivity index (χ1n) is 8.26. The van der Waals surface area contributed by atoms with Gasteiger partial charge in [0.2, 0.25) is 0 Å². The van der Waals surface area contributed by atoms with Gasteiger partial charge < -0.3 is 5.32 Å². The van der Waals surface area contributed by atoms with Crippen molar-refractivity contribution in [2.24, 2.45) is 0 Å². The first-order valence-corrected chi connectivity index (χ1v) is 8.26. The lowest BCUT2D eigenvalue weighted by Gasteiger charge is -2.32. The molecule has 1 nitrogen and oxygen atoms in total. The second-order valence-electron chi connectivity index (χ2n) is 6.72. The molecule has 0 radical (unpaired) electrons. The lowest BCUT2D eigenvalue weighted by atomic mass is 9.78. The van der Waals surface area contributed by atoms with Crippen molar-refractivity contribution in [2.75, 3.05) is 5.32 Å². The summed E-state index contributed by atoms with van der Waals surface area (Å²) in [7, 11) is 0. The van der Waals surface area contributed by atoms with Gasteiger partial charge in [0.25, 0.3) is 0 Å². The van der Waals surface area contributed by atoms with E-state index in [0.717, 1.165) is 5.92 Å². The summed E-state index contributed by atoms with van der Waals surface area (Å²) in [6.07, 6.45) is 5.35. The summed E-state index contributed by atoms with van der Waals surface area (Å²) < 4.78 is 0. The van der Waals surface area contributed by atoms with Gasteiger partial charge in [0.1, 0.15) is 0 Å². The molecule has 1 saturated carbocycles. The Hall–Kier alpha value is -1.76. The van der Waals surface area contributed by atoms with Gasteiger partial charge in [-0.25, -0.2) is 0 Å². The predicted octanol–water partition coefficient (Wildman–Crippen LogP) is 5.29. The molecule has 21 heavy (non-hydrogen) atoms. The van der Waals surface area contributed by atoms with Gasteiger partial charge in [0, 0.05) is 17.6 Å². The molecule has 0 saturated heterocycles. The molecule has 0 amide bonds. The van der Waals surface area contributed by atoms with Crippen molar-refractivity contribution in [1.29, 1.82) is 0 Å². The third-order valence-electron chi connectivity index (χ3n) is 5.24. The van der Waals surface area contributed by atoms with Crippen molar-refractivity contribution >= 4 is 5.69 Å².